The predicted molar refractivity (Wildman–Crippen MR) is 108 cm³/mol. The third-order valence-electron chi connectivity index (χ3n) is 4.50. The lowest BCUT2D eigenvalue weighted by Gasteiger charge is -2.23. The van der Waals surface area contributed by atoms with Crippen molar-refractivity contribution in [2.45, 2.75) is 33.1 Å². The number of hydrogen-bond donors (Lipinski definition) is 1. The molecule has 1 N–H and O–H groups in total. The van der Waals surface area contributed by atoms with E-state index in [1.165, 1.54) is 6.92 Å². The Labute approximate surface area is 161 Å². The first-order valence-corrected chi connectivity index (χ1v) is 9.30. The highest BCUT2D eigenvalue weighted by Crippen LogP contribution is 2.21. The average molecular weight is 368 g/mol. The Morgan fingerprint density at radius 2 is 1.78 bits per heavy atom. The van der Waals surface area contributed by atoms with Gasteiger partial charge in [0.05, 0.1) is 7.11 Å². The van der Waals surface area contributed by atoms with Gasteiger partial charge in [-0.1, -0.05) is 37.3 Å². The molecule has 27 heavy (non-hydrogen) atoms. The lowest BCUT2D eigenvalue weighted by atomic mass is 10.1. The van der Waals surface area contributed by atoms with E-state index in [4.69, 9.17) is 4.74 Å². The number of carbonyl (C=O) groups excluding carboxylic acids is 2. The molecule has 0 heterocycles. The Morgan fingerprint density at radius 3 is 2.41 bits per heavy atom. The van der Waals surface area contributed by atoms with Crippen molar-refractivity contribution in [3.63, 3.8) is 0 Å². The van der Waals surface area contributed by atoms with E-state index in [1.807, 2.05) is 48.5 Å². The molecule has 0 radical (unpaired) electrons. The number of aryl methyl sites for hydroxylation is 1. The van der Waals surface area contributed by atoms with Crippen LogP contribution in [0.2, 0.25) is 0 Å². The van der Waals surface area contributed by atoms with Crippen molar-refractivity contribution in [2.24, 2.45) is 0 Å². The Bertz CT molecular complexity index is 756. The van der Waals surface area contributed by atoms with E-state index in [0.717, 1.165) is 35.4 Å². The highest BCUT2D eigenvalue weighted by Gasteiger charge is 2.15. The maximum atomic E-state index is 12.2. The molecular formula is C22H28N2O3. The van der Waals surface area contributed by atoms with Crippen molar-refractivity contribution in [3.05, 3.63) is 59.7 Å². The largest absolute Gasteiger partial charge is 0.497 e. The molecule has 2 rings (SSSR count). The fourth-order valence-electron chi connectivity index (χ4n) is 2.96. The van der Waals surface area contributed by atoms with Crippen molar-refractivity contribution in [1.82, 2.24) is 5.32 Å². The molecule has 0 saturated carbocycles. The van der Waals surface area contributed by atoms with Crippen LogP contribution in [0.5, 0.6) is 5.75 Å². The lowest BCUT2D eigenvalue weighted by molar-refractivity contribution is -0.121. The molecule has 0 aliphatic heterocycles. The van der Waals surface area contributed by atoms with Crippen LogP contribution >= 0.6 is 0 Å². The fraction of sp³-hybridized carbons (Fsp3) is 0.364. The summed E-state index contributed by atoms with van der Waals surface area (Å²) in [7, 11) is 1.64. The summed E-state index contributed by atoms with van der Waals surface area (Å²) in [5, 5.41) is 2.93. The molecule has 5 heteroatoms. The Kier molecular flexibility index (Phi) is 7.86. The number of nitrogens with one attached hydrogen (secondary N) is 1. The first kappa shape index (κ1) is 20.5. The van der Waals surface area contributed by atoms with Crippen molar-refractivity contribution >= 4 is 17.5 Å². The van der Waals surface area contributed by atoms with Crippen LogP contribution in [0.25, 0.3) is 0 Å². The van der Waals surface area contributed by atoms with Crippen LogP contribution in [0.15, 0.2) is 48.5 Å². The maximum absolute atomic E-state index is 12.2. The fourth-order valence-corrected chi connectivity index (χ4v) is 2.96. The van der Waals surface area contributed by atoms with Crippen molar-refractivity contribution in [2.75, 3.05) is 25.1 Å². The van der Waals surface area contributed by atoms with Gasteiger partial charge in [-0.25, -0.2) is 0 Å². The molecule has 0 unspecified atom stereocenters. The second-order valence-electron chi connectivity index (χ2n) is 6.35. The smallest absolute Gasteiger partial charge is 0.223 e. The van der Waals surface area contributed by atoms with Crippen molar-refractivity contribution in [3.8, 4) is 5.75 Å². The number of ether oxygens (including phenoxy) is 1. The van der Waals surface area contributed by atoms with E-state index in [1.54, 1.807) is 12.0 Å². The van der Waals surface area contributed by atoms with Crippen LogP contribution in [0.4, 0.5) is 5.69 Å². The normalized spacial score (nSPS) is 10.3. The van der Waals surface area contributed by atoms with Crippen molar-refractivity contribution < 1.29 is 14.3 Å². The van der Waals surface area contributed by atoms with Crippen LogP contribution in [-0.4, -0.2) is 32.0 Å². The summed E-state index contributed by atoms with van der Waals surface area (Å²) in [4.78, 5) is 25.9. The van der Waals surface area contributed by atoms with Crippen LogP contribution in [0.3, 0.4) is 0 Å². The van der Waals surface area contributed by atoms with E-state index in [0.29, 0.717) is 13.1 Å². The Hall–Kier alpha value is -2.82. The first-order chi connectivity index (χ1) is 13.0. The molecule has 2 aromatic rings. The molecule has 2 aromatic carbocycles. The number of methoxy groups -OCH3 is 1. The highest BCUT2D eigenvalue weighted by atomic mass is 16.5. The standard InChI is InChI=1S/C22H28N2O3/c1-4-19-7-5-6-8-21(19)24(17(2)25)16-14-22(26)23-15-13-18-9-11-20(27-3)12-10-18/h5-12H,4,13-16H2,1-3H3,(H,23,26). The van der Waals surface area contributed by atoms with Gasteiger partial charge in [-0.3, -0.25) is 9.59 Å². The zero-order chi connectivity index (χ0) is 19.6. The van der Waals surface area contributed by atoms with E-state index in [-0.39, 0.29) is 18.2 Å². The molecule has 2 amide bonds. The number of nitrogens with zero attached hydrogens (tertiary/aromatic N) is 1. The van der Waals surface area contributed by atoms with Gasteiger partial charge in [0.15, 0.2) is 0 Å². The van der Waals surface area contributed by atoms with Crippen molar-refractivity contribution in [1.29, 1.82) is 0 Å². The third-order valence-corrected chi connectivity index (χ3v) is 4.50. The lowest BCUT2D eigenvalue weighted by Crippen LogP contribution is -2.35. The van der Waals surface area contributed by atoms with E-state index in [9.17, 15) is 9.59 Å². The molecule has 144 valence electrons. The minimum absolute atomic E-state index is 0.0521. The van der Waals surface area contributed by atoms with Gasteiger partial charge < -0.3 is 15.0 Å². The molecule has 0 atom stereocenters. The van der Waals surface area contributed by atoms with Crippen LogP contribution < -0.4 is 15.0 Å². The molecule has 0 aromatic heterocycles. The van der Waals surface area contributed by atoms with Crippen LogP contribution in [0, 0.1) is 0 Å². The molecule has 0 bridgehead atoms. The second-order valence-corrected chi connectivity index (χ2v) is 6.35. The SMILES string of the molecule is CCc1ccccc1N(CCC(=O)NCCc1ccc(OC)cc1)C(C)=O. The summed E-state index contributed by atoms with van der Waals surface area (Å²) in [5.74, 6) is 0.713. The monoisotopic (exact) mass is 368 g/mol. The summed E-state index contributed by atoms with van der Waals surface area (Å²) < 4.78 is 5.14. The zero-order valence-corrected chi connectivity index (χ0v) is 16.3. The van der Waals surface area contributed by atoms with Crippen LogP contribution in [0.1, 0.15) is 31.4 Å². The molecule has 0 spiro atoms. The van der Waals surface area contributed by atoms with E-state index < -0.39 is 0 Å². The molecule has 0 fully saturated rings. The number of para-hydroxylation sites is 1. The number of hydrogen-bond acceptors (Lipinski definition) is 3. The first-order valence-electron chi connectivity index (χ1n) is 9.30. The van der Waals surface area contributed by atoms with Gasteiger partial charge in [0, 0.05) is 32.1 Å². The van der Waals surface area contributed by atoms with E-state index >= 15 is 0 Å². The molecule has 5 nitrogen and oxygen atoms in total. The van der Waals surface area contributed by atoms with Gasteiger partial charge in [-0.05, 0) is 42.2 Å². The molecular weight excluding hydrogens is 340 g/mol. The summed E-state index contributed by atoms with van der Waals surface area (Å²) in [6, 6.07) is 15.6. The number of amides is 2. The number of anilines is 1. The van der Waals surface area contributed by atoms with Gasteiger partial charge in [0.25, 0.3) is 0 Å². The highest BCUT2D eigenvalue weighted by molar-refractivity contribution is 5.93. The summed E-state index contributed by atoms with van der Waals surface area (Å²) in [6.07, 6.45) is 1.87. The average Bonchev–Trinajstić information content (AvgIpc) is 2.68. The Morgan fingerprint density at radius 1 is 1.07 bits per heavy atom. The second kappa shape index (κ2) is 10.4. The third kappa shape index (κ3) is 6.13. The zero-order valence-electron chi connectivity index (χ0n) is 16.3. The Balaban J connectivity index is 1.84. The number of benzene rings is 2. The predicted octanol–water partition coefficient (Wildman–Crippen LogP) is 3.36. The molecule has 0 saturated heterocycles. The number of carbonyl (C=O) groups is 2. The quantitative estimate of drug-likeness (QED) is 0.738. The minimum Gasteiger partial charge on any atom is -0.497 e. The summed E-state index contributed by atoms with van der Waals surface area (Å²) >= 11 is 0. The summed E-state index contributed by atoms with van der Waals surface area (Å²) in [6.45, 7) is 4.54. The topological polar surface area (TPSA) is 58.6 Å². The maximum Gasteiger partial charge on any atom is 0.223 e. The molecule has 0 aliphatic rings. The molecule has 0 aliphatic carbocycles. The number of rotatable bonds is 9. The van der Waals surface area contributed by atoms with Gasteiger partial charge in [-0.2, -0.15) is 0 Å². The van der Waals surface area contributed by atoms with Gasteiger partial charge in [0.1, 0.15) is 5.75 Å². The minimum atomic E-state index is -0.0538. The van der Waals surface area contributed by atoms with Gasteiger partial charge in [-0.15, -0.1) is 0 Å². The van der Waals surface area contributed by atoms with E-state index in [2.05, 4.69) is 12.2 Å². The van der Waals surface area contributed by atoms with Gasteiger partial charge >= 0.3 is 0 Å². The summed E-state index contributed by atoms with van der Waals surface area (Å²) in [5.41, 5.74) is 3.13. The van der Waals surface area contributed by atoms with Gasteiger partial charge in [0.2, 0.25) is 11.8 Å². The van der Waals surface area contributed by atoms with Crippen LogP contribution in [-0.2, 0) is 22.4 Å².